The molecule has 2 aliphatic heterocycles. The van der Waals surface area contributed by atoms with Crippen LogP contribution in [0.1, 0.15) is 43.8 Å². The highest BCUT2D eigenvalue weighted by Crippen LogP contribution is 2.45. The number of hydrogen-bond acceptors (Lipinski definition) is 5. The Morgan fingerprint density at radius 3 is 2.46 bits per heavy atom. The van der Waals surface area contributed by atoms with Crippen molar-refractivity contribution in [3.8, 4) is 0 Å². The summed E-state index contributed by atoms with van der Waals surface area (Å²) < 4.78 is 6.45. The van der Waals surface area contributed by atoms with Crippen LogP contribution in [0.4, 0.5) is 11.4 Å². The van der Waals surface area contributed by atoms with Crippen molar-refractivity contribution in [1.82, 2.24) is 10.3 Å². The predicted molar refractivity (Wildman–Crippen MR) is 164 cm³/mol. The first-order valence-corrected chi connectivity index (χ1v) is 14.9. The van der Waals surface area contributed by atoms with Gasteiger partial charge in [0.2, 0.25) is 0 Å². The van der Waals surface area contributed by atoms with E-state index in [-0.39, 0.29) is 12.1 Å². The summed E-state index contributed by atoms with van der Waals surface area (Å²) in [5, 5.41) is 5.69. The normalized spacial score (nSPS) is 23.2. The third kappa shape index (κ3) is 5.53. The van der Waals surface area contributed by atoms with Crippen LogP contribution in [0.3, 0.4) is 0 Å². The lowest BCUT2D eigenvalue weighted by molar-refractivity contribution is 0.357. The smallest absolute Gasteiger partial charge is 0.174 e. The molecule has 4 atom stereocenters. The monoisotopic (exact) mass is 574 g/mol. The molecule has 6 rings (SSSR count). The summed E-state index contributed by atoms with van der Waals surface area (Å²) in [5.74, 6) is 2.10. The third-order valence-electron chi connectivity index (χ3n) is 7.37. The zero-order chi connectivity index (χ0) is 26.9. The van der Waals surface area contributed by atoms with E-state index in [4.69, 9.17) is 28.2 Å². The summed E-state index contributed by atoms with van der Waals surface area (Å²) in [7, 11) is 0. The van der Waals surface area contributed by atoms with Gasteiger partial charge >= 0.3 is 0 Å². The Bertz CT molecular complexity index is 1440. The van der Waals surface area contributed by atoms with Gasteiger partial charge in [-0.3, -0.25) is 4.98 Å². The molecule has 0 bridgehead atoms. The molecule has 2 aromatic heterocycles. The SMILES string of the molecule is C[C@H]1C[C@H](C)CN(c2ccc(N3C(=S)N[C@@H](c4ccccn4)[C@@H]3c3ccc(Sc4ccccc4)o3)cc2Cl)C1. The second kappa shape index (κ2) is 11.2. The van der Waals surface area contributed by atoms with Gasteiger partial charge in [0.1, 0.15) is 11.8 Å². The van der Waals surface area contributed by atoms with Gasteiger partial charge in [0.15, 0.2) is 10.2 Å². The second-order valence-corrected chi connectivity index (χ2v) is 12.4. The number of halogens is 1. The molecule has 4 heterocycles. The molecule has 0 saturated carbocycles. The molecule has 2 aliphatic rings. The van der Waals surface area contributed by atoms with Gasteiger partial charge in [0.05, 0.1) is 22.4 Å². The highest BCUT2D eigenvalue weighted by atomic mass is 35.5. The number of pyridine rings is 1. The van der Waals surface area contributed by atoms with Crippen LogP contribution in [-0.2, 0) is 0 Å². The molecule has 0 unspecified atom stereocenters. The number of nitrogens with zero attached hydrogens (tertiary/aromatic N) is 3. The molecule has 0 amide bonds. The number of aromatic nitrogens is 1. The number of furan rings is 1. The van der Waals surface area contributed by atoms with Crippen LogP contribution in [0.25, 0.3) is 0 Å². The van der Waals surface area contributed by atoms with Crippen molar-refractivity contribution in [2.45, 2.75) is 42.3 Å². The van der Waals surface area contributed by atoms with Gasteiger partial charge in [-0.25, -0.2) is 0 Å². The summed E-state index contributed by atoms with van der Waals surface area (Å²) in [4.78, 5) is 10.3. The molecule has 2 saturated heterocycles. The molecule has 1 N–H and O–H groups in total. The topological polar surface area (TPSA) is 44.5 Å². The highest BCUT2D eigenvalue weighted by Gasteiger charge is 2.43. The lowest BCUT2D eigenvalue weighted by Crippen LogP contribution is -2.38. The summed E-state index contributed by atoms with van der Waals surface area (Å²) in [6.07, 6.45) is 3.06. The summed E-state index contributed by atoms with van der Waals surface area (Å²) in [6, 6.07) is 26.1. The molecule has 2 aromatic carbocycles. The molecule has 8 heteroatoms. The first kappa shape index (κ1) is 26.2. The van der Waals surface area contributed by atoms with Crippen molar-refractivity contribution >= 4 is 52.1 Å². The van der Waals surface area contributed by atoms with E-state index in [9.17, 15) is 0 Å². The van der Waals surface area contributed by atoms with Gasteiger partial charge < -0.3 is 19.5 Å². The Balaban J connectivity index is 1.35. The Morgan fingerprint density at radius 2 is 1.74 bits per heavy atom. The summed E-state index contributed by atoms with van der Waals surface area (Å²) in [6.45, 7) is 6.67. The Kier molecular flexibility index (Phi) is 7.56. The highest BCUT2D eigenvalue weighted by molar-refractivity contribution is 7.99. The molecule has 39 heavy (non-hydrogen) atoms. The van der Waals surface area contributed by atoms with Crippen molar-refractivity contribution in [2.24, 2.45) is 11.8 Å². The number of hydrogen-bond donors (Lipinski definition) is 1. The predicted octanol–water partition coefficient (Wildman–Crippen LogP) is 8.14. The van der Waals surface area contributed by atoms with E-state index in [0.29, 0.717) is 16.9 Å². The van der Waals surface area contributed by atoms with E-state index in [1.807, 2.05) is 60.8 Å². The fraction of sp³-hybridized carbons (Fsp3) is 0.290. The lowest BCUT2D eigenvalue weighted by Gasteiger charge is -2.37. The van der Waals surface area contributed by atoms with E-state index in [0.717, 1.165) is 50.9 Å². The number of rotatable bonds is 6. The van der Waals surface area contributed by atoms with Crippen LogP contribution in [-0.4, -0.2) is 23.2 Å². The van der Waals surface area contributed by atoms with Crippen molar-refractivity contribution in [1.29, 1.82) is 0 Å². The number of piperidine rings is 1. The fourth-order valence-corrected chi connectivity index (χ4v) is 7.28. The maximum absolute atomic E-state index is 6.95. The lowest BCUT2D eigenvalue weighted by atomic mass is 9.91. The molecule has 4 aromatic rings. The van der Waals surface area contributed by atoms with E-state index < -0.39 is 0 Å². The van der Waals surface area contributed by atoms with Gasteiger partial charge in [-0.05, 0) is 85.1 Å². The van der Waals surface area contributed by atoms with Gasteiger partial charge in [0, 0.05) is 29.9 Å². The van der Waals surface area contributed by atoms with Crippen LogP contribution >= 0.6 is 35.6 Å². The van der Waals surface area contributed by atoms with Gasteiger partial charge in [-0.15, -0.1) is 0 Å². The average molecular weight is 575 g/mol. The molecule has 2 fully saturated rings. The zero-order valence-electron chi connectivity index (χ0n) is 22.0. The Hall–Kier alpha value is -3.00. The minimum absolute atomic E-state index is 0.179. The van der Waals surface area contributed by atoms with Crippen LogP contribution in [0.2, 0.25) is 5.02 Å². The molecular formula is C31H31ClN4OS2. The van der Waals surface area contributed by atoms with Gasteiger partial charge in [0.25, 0.3) is 0 Å². The van der Waals surface area contributed by atoms with Crippen LogP contribution in [0.15, 0.2) is 99.5 Å². The van der Waals surface area contributed by atoms with Gasteiger partial charge in [-0.2, -0.15) is 0 Å². The number of benzene rings is 2. The van der Waals surface area contributed by atoms with E-state index in [1.54, 1.807) is 11.8 Å². The van der Waals surface area contributed by atoms with Crippen molar-refractivity contribution in [3.63, 3.8) is 0 Å². The van der Waals surface area contributed by atoms with E-state index >= 15 is 0 Å². The van der Waals surface area contributed by atoms with Crippen molar-refractivity contribution < 1.29 is 4.42 Å². The summed E-state index contributed by atoms with van der Waals surface area (Å²) >= 11 is 14.5. The summed E-state index contributed by atoms with van der Waals surface area (Å²) in [5.41, 5.74) is 2.91. The fourth-order valence-electron chi connectivity index (χ4n) is 5.84. The molecule has 5 nitrogen and oxygen atoms in total. The van der Waals surface area contributed by atoms with Crippen molar-refractivity contribution in [3.05, 3.63) is 102 Å². The Morgan fingerprint density at radius 1 is 0.974 bits per heavy atom. The second-order valence-electron chi connectivity index (χ2n) is 10.6. The molecule has 0 spiro atoms. The average Bonchev–Trinajstić information content (AvgIpc) is 3.53. The van der Waals surface area contributed by atoms with Gasteiger partial charge in [-0.1, -0.05) is 61.5 Å². The van der Waals surface area contributed by atoms with E-state index in [1.165, 1.54) is 6.42 Å². The molecule has 200 valence electrons. The maximum Gasteiger partial charge on any atom is 0.174 e. The minimum Gasteiger partial charge on any atom is -0.452 e. The zero-order valence-corrected chi connectivity index (χ0v) is 24.3. The van der Waals surface area contributed by atoms with E-state index in [2.05, 4.69) is 58.2 Å². The molecule has 0 radical (unpaired) electrons. The first-order valence-electron chi connectivity index (χ1n) is 13.3. The largest absolute Gasteiger partial charge is 0.452 e. The molecule has 0 aliphatic carbocycles. The van der Waals surface area contributed by atoms with Crippen molar-refractivity contribution in [2.75, 3.05) is 22.9 Å². The first-order chi connectivity index (χ1) is 19.0. The number of thiocarbonyl (C=S) groups is 1. The third-order valence-corrected chi connectivity index (χ3v) is 8.92. The van der Waals surface area contributed by atoms with Crippen LogP contribution in [0.5, 0.6) is 0 Å². The minimum atomic E-state index is -0.227. The maximum atomic E-state index is 6.95. The number of anilines is 2. The Labute approximate surface area is 244 Å². The van der Waals surface area contributed by atoms with Crippen LogP contribution < -0.4 is 15.1 Å². The van der Waals surface area contributed by atoms with Crippen LogP contribution in [0, 0.1) is 11.8 Å². The standard InChI is InChI=1S/C31H31ClN4OS2/c1-20-16-21(2)19-35(18-20)26-12-11-22(17-24(26)32)36-30(29(34-31(36)38)25-10-6-7-15-33-25)27-13-14-28(37-27)39-23-8-4-3-5-9-23/h3-15,17,20-21,29-30H,16,18-19H2,1-2H3,(H,34,38)/t20-,21-,29-,30-/m0/s1. The molecular weight excluding hydrogens is 544 g/mol. The quantitative estimate of drug-likeness (QED) is 0.233. The number of nitrogens with one attached hydrogen (secondary N) is 1.